The quantitative estimate of drug-likeness (QED) is 0.852. The summed E-state index contributed by atoms with van der Waals surface area (Å²) in [6, 6.07) is 5.41. The topological polar surface area (TPSA) is 63.4 Å². The molecule has 0 unspecified atom stereocenters. The highest BCUT2D eigenvalue weighted by molar-refractivity contribution is 7.89. The van der Waals surface area contributed by atoms with Crippen LogP contribution in [0.25, 0.3) is 0 Å². The molecule has 4 nitrogen and oxygen atoms in total. The zero-order valence-electron chi connectivity index (χ0n) is 9.90. The van der Waals surface area contributed by atoms with Crippen molar-refractivity contribution in [1.82, 2.24) is 4.31 Å². The second-order valence-electron chi connectivity index (χ2n) is 3.88. The molecule has 1 aromatic carbocycles. The number of sulfonamides is 1. The molecule has 0 fully saturated rings. The minimum absolute atomic E-state index is 0.320. The molecule has 0 saturated carbocycles. The van der Waals surface area contributed by atoms with Crippen molar-refractivity contribution in [1.29, 1.82) is 0 Å². The molecule has 0 radical (unpaired) electrons. The molecule has 90 valence electrons. The third-order valence-electron chi connectivity index (χ3n) is 2.48. The van der Waals surface area contributed by atoms with E-state index in [1.165, 1.54) is 4.31 Å². The van der Waals surface area contributed by atoms with Crippen LogP contribution in [-0.4, -0.2) is 32.9 Å². The minimum Gasteiger partial charge on any atom is -0.329 e. The molecule has 0 saturated heterocycles. The van der Waals surface area contributed by atoms with Crippen molar-refractivity contribution < 1.29 is 8.42 Å². The number of hydrogen-bond acceptors (Lipinski definition) is 3. The van der Waals surface area contributed by atoms with Crippen LogP contribution < -0.4 is 5.73 Å². The Balaban J connectivity index is 3.21. The van der Waals surface area contributed by atoms with E-state index in [9.17, 15) is 8.42 Å². The van der Waals surface area contributed by atoms with Crippen molar-refractivity contribution in [2.45, 2.75) is 18.7 Å². The molecule has 16 heavy (non-hydrogen) atoms. The summed E-state index contributed by atoms with van der Waals surface area (Å²) in [4.78, 5) is 0.364. The highest BCUT2D eigenvalue weighted by atomic mass is 32.2. The van der Waals surface area contributed by atoms with Gasteiger partial charge < -0.3 is 5.73 Å². The highest BCUT2D eigenvalue weighted by Gasteiger charge is 2.21. The number of aryl methyl sites for hydroxylation is 2. The van der Waals surface area contributed by atoms with Crippen LogP contribution in [0.2, 0.25) is 0 Å². The van der Waals surface area contributed by atoms with Gasteiger partial charge in [0, 0.05) is 20.1 Å². The molecular formula is C11H18N2O2S. The Morgan fingerprint density at radius 2 is 1.94 bits per heavy atom. The molecule has 2 N–H and O–H groups in total. The van der Waals surface area contributed by atoms with Crippen molar-refractivity contribution >= 4 is 10.0 Å². The first-order chi connectivity index (χ1) is 7.39. The zero-order valence-corrected chi connectivity index (χ0v) is 10.7. The van der Waals surface area contributed by atoms with Gasteiger partial charge in [0.1, 0.15) is 0 Å². The molecule has 5 heteroatoms. The summed E-state index contributed by atoms with van der Waals surface area (Å²) >= 11 is 0. The molecule has 0 amide bonds. The van der Waals surface area contributed by atoms with Crippen LogP contribution in [0.5, 0.6) is 0 Å². The number of rotatable bonds is 4. The Kier molecular flexibility index (Phi) is 4.07. The standard InChI is InChI=1S/C11H18N2O2S/c1-9-4-5-10(2)11(8-9)16(14,15)13(3)7-6-12/h4-5,8H,6-7,12H2,1-3H3. The van der Waals surface area contributed by atoms with Crippen LogP contribution in [0.15, 0.2) is 23.1 Å². The average molecular weight is 242 g/mol. The van der Waals surface area contributed by atoms with Crippen LogP contribution >= 0.6 is 0 Å². The average Bonchev–Trinajstić information content (AvgIpc) is 2.22. The first-order valence-electron chi connectivity index (χ1n) is 5.13. The lowest BCUT2D eigenvalue weighted by Crippen LogP contribution is -2.32. The predicted octanol–water partition coefficient (Wildman–Crippen LogP) is 0.883. The molecule has 0 aromatic heterocycles. The van der Waals surface area contributed by atoms with Gasteiger partial charge in [-0.3, -0.25) is 0 Å². The van der Waals surface area contributed by atoms with Gasteiger partial charge in [0.2, 0.25) is 10.0 Å². The fourth-order valence-corrected chi connectivity index (χ4v) is 2.95. The number of nitrogens with zero attached hydrogens (tertiary/aromatic N) is 1. The van der Waals surface area contributed by atoms with E-state index in [-0.39, 0.29) is 0 Å². The smallest absolute Gasteiger partial charge is 0.243 e. The van der Waals surface area contributed by atoms with Crippen molar-refractivity contribution in [3.63, 3.8) is 0 Å². The fourth-order valence-electron chi connectivity index (χ4n) is 1.46. The molecule has 0 aliphatic heterocycles. The van der Waals surface area contributed by atoms with Crippen LogP contribution in [-0.2, 0) is 10.0 Å². The summed E-state index contributed by atoms with van der Waals surface area (Å²) in [6.45, 7) is 4.32. The molecule has 0 heterocycles. The maximum atomic E-state index is 12.2. The van der Waals surface area contributed by atoms with Crippen LogP contribution in [0.1, 0.15) is 11.1 Å². The van der Waals surface area contributed by atoms with Gasteiger partial charge in [-0.2, -0.15) is 4.31 Å². The third-order valence-corrected chi connectivity index (χ3v) is 4.47. The van der Waals surface area contributed by atoms with Crippen molar-refractivity contribution in [3.8, 4) is 0 Å². The maximum absolute atomic E-state index is 12.2. The van der Waals surface area contributed by atoms with E-state index in [1.807, 2.05) is 19.1 Å². The molecule has 0 aliphatic carbocycles. The lowest BCUT2D eigenvalue weighted by atomic mass is 10.2. The second-order valence-corrected chi connectivity index (χ2v) is 5.90. The predicted molar refractivity (Wildman–Crippen MR) is 64.8 cm³/mol. The van der Waals surface area contributed by atoms with E-state index in [2.05, 4.69) is 0 Å². The Labute approximate surface area is 97.1 Å². The van der Waals surface area contributed by atoms with Crippen LogP contribution in [0, 0.1) is 13.8 Å². The summed E-state index contributed by atoms with van der Waals surface area (Å²) in [5.74, 6) is 0. The lowest BCUT2D eigenvalue weighted by molar-refractivity contribution is 0.476. The monoisotopic (exact) mass is 242 g/mol. The number of likely N-dealkylation sites (N-methyl/N-ethyl adjacent to an activating group) is 1. The van der Waals surface area contributed by atoms with Crippen molar-refractivity contribution in [2.24, 2.45) is 5.73 Å². The van der Waals surface area contributed by atoms with Gasteiger partial charge in [-0.25, -0.2) is 8.42 Å². The third kappa shape index (κ3) is 2.61. The van der Waals surface area contributed by atoms with Crippen LogP contribution in [0.3, 0.4) is 0 Å². The first kappa shape index (κ1) is 13.2. The summed E-state index contributed by atoms with van der Waals surface area (Å²) in [6.07, 6.45) is 0. The van der Waals surface area contributed by atoms with Gasteiger partial charge in [-0.1, -0.05) is 12.1 Å². The Bertz CT molecular complexity index is 469. The molecular weight excluding hydrogens is 224 g/mol. The van der Waals surface area contributed by atoms with Gasteiger partial charge in [0.25, 0.3) is 0 Å². The SMILES string of the molecule is Cc1ccc(C)c(S(=O)(=O)N(C)CCN)c1. The second kappa shape index (κ2) is 4.95. The molecule has 0 atom stereocenters. The zero-order chi connectivity index (χ0) is 12.3. The largest absolute Gasteiger partial charge is 0.329 e. The van der Waals surface area contributed by atoms with E-state index in [1.54, 1.807) is 20.0 Å². The van der Waals surface area contributed by atoms with Gasteiger partial charge >= 0.3 is 0 Å². The normalized spacial score (nSPS) is 12.1. The summed E-state index contributed by atoms with van der Waals surface area (Å²) < 4.78 is 25.6. The fraction of sp³-hybridized carbons (Fsp3) is 0.455. The Morgan fingerprint density at radius 3 is 2.50 bits per heavy atom. The number of nitrogens with two attached hydrogens (primary N) is 1. The van der Waals surface area contributed by atoms with E-state index < -0.39 is 10.0 Å². The van der Waals surface area contributed by atoms with Gasteiger partial charge in [0.05, 0.1) is 4.90 Å². The molecule has 0 aliphatic rings. The van der Waals surface area contributed by atoms with Gasteiger partial charge in [0.15, 0.2) is 0 Å². The molecule has 0 spiro atoms. The minimum atomic E-state index is -3.40. The maximum Gasteiger partial charge on any atom is 0.243 e. The van der Waals surface area contributed by atoms with Crippen LogP contribution in [0.4, 0.5) is 0 Å². The van der Waals surface area contributed by atoms with E-state index >= 15 is 0 Å². The number of hydrogen-bond donors (Lipinski definition) is 1. The highest BCUT2D eigenvalue weighted by Crippen LogP contribution is 2.19. The van der Waals surface area contributed by atoms with Gasteiger partial charge in [-0.15, -0.1) is 0 Å². The van der Waals surface area contributed by atoms with E-state index in [0.717, 1.165) is 11.1 Å². The Hall–Kier alpha value is -0.910. The number of benzene rings is 1. The van der Waals surface area contributed by atoms with Crippen molar-refractivity contribution in [3.05, 3.63) is 29.3 Å². The van der Waals surface area contributed by atoms with E-state index in [0.29, 0.717) is 18.0 Å². The molecule has 1 aromatic rings. The summed E-state index contributed by atoms with van der Waals surface area (Å²) in [5.41, 5.74) is 7.06. The summed E-state index contributed by atoms with van der Waals surface area (Å²) in [5, 5.41) is 0. The first-order valence-corrected chi connectivity index (χ1v) is 6.57. The Morgan fingerprint density at radius 1 is 1.31 bits per heavy atom. The molecule has 0 bridgehead atoms. The van der Waals surface area contributed by atoms with E-state index in [4.69, 9.17) is 5.73 Å². The van der Waals surface area contributed by atoms with Gasteiger partial charge in [-0.05, 0) is 31.0 Å². The van der Waals surface area contributed by atoms with Crippen molar-refractivity contribution in [2.75, 3.05) is 20.1 Å². The summed E-state index contributed by atoms with van der Waals surface area (Å²) in [7, 11) is -1.86. The lowest BCUT2D eigenvalue weighted by Gasteiger charge is -2.17. The molecule has 1 rings (SSSR count).